The Labute approximate surface area is 106 Å². The molecule has 0 radical (unpaired) electrons. The van der Waals surface area contributed by atoms with Gasteiger partial charge < -0.3 is 10.4 Å². The number of carbonyl (C=O) groups is 1. The van der Waals surface area contributed by atoms with Crippen LogP contribution in [-0.4, -0.2) is 23.7 Å². The van der Waals surface area contributed by atoms with Gasteiger partial charge in [-0.15, -0.1) is 11.3 Å². The van der Waals surface area contributed by atoms with Crippen LogP contribution in [0, 0.1) is 0 Å². The Morgan fingerprint density at radius 3 is 3.00 bits per heavy atom. The number of aliphatic hydroxyl groups excluding tert-OH is 1. The summed E-state index contributed by atoms with van der Waals surface area (Å²) in [6.45, 7) is 2.27. The molecule has 1 heterocycles. The third-order valence-corrected chi connectivity index (χ3v) is 4.30. The maximum absolute atomic E-state index is 11.9. The van der Waals surface area contributed by atoms with Crippen molar-refractivity contribution >= 4 is 17.2 Å². The molecular formula is C13H19NO2S. The number of hydrogen-bond donors (Lipinski definition) is 2. The number of rotatable bonds is 4. The first-order valence-electron chi connectivity index (χ1n) is 6.24. The van der Waals surface area contributed by atoms with E-state index >= 15 is 0 Å². The van der Waals surface area contributed by atoms with Gasteiger partial charge in [-0.25, -0.2) is 0 Å². The fourth-order valence-electron chi connectivity index (χ4n) is 2.08. The minimum absolute atomic E-state index is 0.00468. The van der Waals surface area contributed by atoms with Crippen molar-refractivity contribution in [2.24, 2.45) is 0 Å². The molecule has 4 heteroatoms. The van der Waals surface area contributed by atoms with Gasteiger partial charge in [-0.2, -0.15) is 0 Å². The van der Waals surface area contributed by atoms with Crippen LogP contribution >= 0.6 is 11.3 Å². The van der Waals surface area contributed by atoms with E-state index in [9.17, 15) is 4.79 Å². The summed E-state index contributed by atoms with van der Waals surface area (Å²) in [7, 11) is 0. The van der Waals surface area contributed by atoms with E-state index in [2.05, 4.69) is 5.32 Å². The van der Waals surface area contributed by atoms with Gasteiger partial charge in [-0.3, -0.25) is 4.79 Å². The number of amides is 1. The number of aliphatic hydroxyl groups is 1. The first-order valence-corrected chi connectivity index (χ1v) is 7.06. The Kier molecular flexibility index (Phi) is 4.18. The molecule has 0 bridgehead atoms. The van der Waals surface area contributed by atoms with E-state index in [0.29, 0.717) is 13.0 Å². The summed E-state index contributed by atoms with van der Waals surface area (Å²) in [6, 6.07) is 2.04. The van der Waals surface area contributed by atoms with Crippen molar-refractivity contribution in [2.75, 3.05) is 6.54 Å². The van der Waals surface area contributed by atoms with Crippen molar-refractivity contribution in [1.29, 1.82) is 0 Å². The summed E-state index contributed by atoms with van der Waals surface area (Å²) >= 11 is 1.63. The summed E-state index contributed by atoms with van der Waals surface area (Å²) in [4.78, 5) is 14.1. The summed E-state index contributed by atoms with van der Waals surface area (Å²) in [5.41, 5.74) is 1.36. The van der Waals surface area contributed by atoms with Crippen molar-refractivity contribution in [2.45, 2.75) is 45.1 Å². The zero-order valence-corrected chi connectivity index (χ0v) is 11.0. The van der Waals surface area contributed by atoms with Crippen molar-refractivity contribution in [1.82, 2.24) is 5.32 Å². The molecular weight excluding hydrogens is 234 g/mol. The van der Waals surface area contributed by atoms with E-state index in [4.69, 9.17) is 5.11 Å². The van der Waals surface area contributed by atoms with Crippen LogP contribution in [0.3, 0.4) is 0 Å². The average molecular weight is 253 g/mol. The highest BCUT2D eigenvalue weighted by Crippen LogP contribution is 2.29. The Morgan fingerprint density at radius 2 is 2.29 bits per heavy atom. The van der Waals surface area contributed by atoms with Crippen LogP contribution in [0.5, 0.6) is 0 Å². The molecule has 2 N–H and O–H groups in total. The fraction of sp³-hybridized carbons (Fsp3) is 0.615. The lowest BCUT2D eigenvalue weighted by Crippen LogP contribution is -2.25. The Morgan fingerprint density at radius 1 is 1.53 bits per heavy atom. The van der Waals surface area contributed by atoms with Gasteiger partial charge in [0.2, 0.25) is 0 Å². The lowest BCUT2D eigenvalue weighted by Gasteiger charge is -2.08. The highest BCUT2D eigenvalue weighted by molar-refractivity contribution is 7.14. The normalized spacial score (nSPS) is 16.4. The van der Waals surface area contributed by atoms with Gasteiger partial charge in [0.1, 0.15) is 0 Å². The predicted octanol–water partition coefficient (Wildman–Crippen LogP) is 2.13. The predicted molar refractivity (Wildman–Crippen MR) is 69.6 cm³/mol. The first-order chi connectivity index (χ1) is 8.16. The second kappa shape index (κ2) is 5.65. The number of hydrogen-bond acceptors (Lipinski definition) is 3. The number of thiophene rings is 1. The minimum atomic E-state index is -0.355. The van der Waals surface area contributed by atoms with Crippen molar-refractivity contribution in [3.63, 3.8) is 0 Å². The second-order valence-corrected chi connectivity index (χ2v) is 5.80. The summed E-state index contributed by atoms with van der Waals surface area (Å²) in [5, 5.41) is 12.0. The average Bonchev–Trinajstić information content (AvgIpc) is 2.71. The van der Waals surface area contributed by atoms with Crippen LogP contribution < -0.4 is 5.32 Å². The highest BCUT2D eigenvalue weighted by atomic mass is 32.1. The summed E-state index contributed by atoms with van der Waals surface area (Å²) in [6.07, 6.45) is 4.99. The molecule has 17 heavy (non-hydrogen) atoms. The standard InChI is InChI=1S/C13H19NO2S/c1-9(15)6-7-14-13(16)12-8-10-4-2-3-5-11(10)17-12/h8-9,15H,2-7H2,1H3,(H,14,16). The molecule has 0 aliphatic heterocycles. The molecule has 94 valence electrons. The zero-order chi connectivity index (χ0) is 12.3. The second-order valence-electron chi connectivity index (χ2n) is 4.66. The summed E-state index contributed by atoms with van der Waals surface area (Å²) in [5.74, 6) is 0.00468. The van der Waals surface area contributed by atoms with Gasteiger partial charge in [-0.1, -0.05) is 0 Å². The SMILES string of the molecule is CC(O)CCNC(=O)c1cc2c(s1)CCCC2. The third-order valence-electron chi connectivity index (χ3n) is 3.07. The first kappa shape index (κ1) is 12.6. The van der Waals surface area contributed by atoms with E-state index in [1.807, 2.05) is 6.07 Å². The number of aryl methyl sites for hydroxylation is 2. The molecule has 0 aromatic carbocycles. The highest BCUT2D eigenvalue weighted by Gasteiger charge is 2.16. The van der Waals surface area contributed by atoms with Crippen molar-refractivity contribution < 1.29 is 9.90 Å². The Bertz CT molecular complexity index is 375. The van der Waals surface area contributed by atoms with Gasteiger partial charge in [0, 0.05) is 11.4 Å². The molecule has 0 fully saturated rings. The monoisotopic (exact) mass is 253 g/mol. The topological polar surface area (TPSA) is 49.3 Å². The van der Waals surface area contributed by atoms with E-state index in [0.717, 1.165) is 17.7 Å². The van der Waals surface area contributed by atoms with Crippen LogP contribution in [0.15, 0.2) is 6.07 Å². The van der Waals surface area contributed by atoms with Crippen LogP contribution in [0.1, 0.15) is 46.3 Å². The maximum atomic E-state index is 11.9. The minimum Gasteiger partial charge on any atom is -0.393 e. The van der Waals surface area contributed by atoms with Gasteiger partial charge in [0.15, 0.2) is 0 Å². The van der Waals surface area contributed by atoms with Crippen LogP contribution in [0.2, 0.25) is 0 Å². The molecule has 0 spiro atoms. The van der Waals surface area contributed by atoms with Crippen molar-refractivity contribution in [3.8, 4) is 0 Å². The molecule has 0 saturated heterocycles. The third kappa shape index (κ3) is 3.30. The zero-order valence-electron chi connectivity index (χ0n) is 10.2. The van der Waals surface area contributed by atoms with Crippen molar-refractivity contribution in [3.05, 3.63) is 21.4 Å². The Hall–Kier alpha value is -0.870. The molecule has 1 atom stereocenters. The molecule has 1 aliphatic rings. The molecule has 1 amide bonds. The molecule has 1 unspecified atom stereocenters. The molecule has 1 aromatic heterocycles. The van der Waals surface area contributed by atoms with Gasteiger partial charge >= 0.3 is 0 Å². The molecule has 0 saturated carbocycles. The number of fused-ring (bicyclic) bond motifs is 1. The lowest BCUT2D eigenvalue weighted by molar-refractivity contribution is 0.0949. The lowest BCUT2D eigenvalue weighted by atomic mass is 9.99. The van der Waals surface area contributed by atoms with Crippen LogP contribution in [-0.2, 0) is 12.8 Å². The van der Waals surface area contributed by atoms with Gasteiger partial charge in [0.25, 0.3) is 5.91 Å². The smallest absolute Gasteiger partial charge is 0.261 e. The summed E-state index contributed by atoms with van der Waals surface area (Å²) < 4.78 is 0. The van der Waals surface area contributed by atoms with E-state index < -0.39 is 0 Å². The van der Waals surface area contributed by atoms with Gasteiger partial charge in [-0.05, 0) is 50.7 Å². The Balaban J connectivity index is 1.92. The van der Waals surface area contributed by atoms with E-state index in [-0.39, 0.29) is 12.0 Å². The van der Waals surface area contributed by atoms with Gasteiger partial charge in [0.05, 0.1) is 11.0 Å². The van der Waals surface area contributed by atoms with E-state index in [1.165, 1.54) is 23.3 Å². The fourth-order valence-corrected chi connectivity index (χ4v) is 3.25. The molecule has 1 aliphatic carbocycles. The van der Waals surface area contributed by atoms with Crippen LogP contribution in [0.25, 0.3) is 0 Å². The van der Waals surface area contributed by atoms with Crippen LogP contribution in [0.4, 0.5) is 0 Å². The molecule has 3 nitrogen and oxygen atoms in total. The quantitative estimate of drug-likeness (QED) is 0.863. The number of carbonyl (C=O) groups excluding carboxylic acids is 1. The number of nitrogens with one attached hydrogen (secondary N) is 1. The molecule has 1 aromatic rings. The van der Waals surface area contributed by atoms with E-state index in [1.54, 1.807) is 18.3 Å². The molecule has 2 rings (SSSR count). The largest absolute Gasteiger partial charge is 0.393 e. The maximum Gasteiger partial charge on any atom is 0.261 e.